The lowest BCUT2D eigenvalue weighted by molar-refractivity contribution is -0.274. The minimum Gasteiger partial charge on any atom is -0.406 e. The molecule has 1 aromatic heterocycles. The van der Waals surface area contributed by atoms with Gasteiger partial charge in [-0.1, -0.05) is 0 Å². The molecule has 0 amide bonds. The monoisotopic (exact) mass is 270 g/mol. The lowest BCUT2D eigenvalue weighted by atomic mass is 10.1. The Morgan fingerprint density at radius 1 is 1.00 bits per heavy atom. The smallest absolute Gasteiger partial charge is 0.406 e. The molecule has 0 aliphatic rings. The van der Waals surface area contributed by atoms with E-state index in [0.717, 1.165) is 0 Å². The number of nitrogen functional groups attached to an aromatic ring is 2. The second kappa shape index (κ2) is 4.63. The van der Waals surface area contributed by atoms with Gasteiger partial charge >= 0.3 is 6.36 Å². The molecule has 100 valence electrons. The van der Waals surface area contributed by atoms with E-state index in [1.54, 1.807) is 0 Å². The minimum atomic E-state index is -4.72. The number of benzene rings is 1. The molecule has 1 heterocycles. The molecule has 5 nitrogen and oxygen atoms in total. The van der Waals surface area contributed by atoms with Crippen molar-refractivity contribution in [2.24, 2.45) is 0 Å². The first-order valence-electron chi connectivity index (χ1n) is 5.10. The maximum absolute atomic E-state index is 12.0. The summed E-state index contributed by atoms with van der Waals surface area (Å²) in [5, 5.41) is 0. The third-order valence-electron chi connectivity index (χ3n) is 2.15. The zero-order valence-corrected chi connectivity index (χ0v) is 9.48. The van der Waals surface area contributed by atoms with E-state index in [1.165, 1.54) is 30.3 Å². The van der Waals surface area contributed by atoms with Crippen LogP contribution in [0.1, 0.15) is 0 Å². The molecule has 4 N–H and O–H groups in total. The number of nitrogens with zero attached hydrogens (tertiary/aromatic N) is 2. The number of hydrogen-bond acceptors (Lipinski definition) is 5. The Morgan fingerprint density at radius 3 is 2.16 bits per heavy atom. The van der Waals surface area contributed by atoms with Crippen LogP contribution in [0.5, 0.6) is 5.75 Å². The quantitative estimate of drug-likeness (QED) is 0.873. The van der Waals surface area contributed by atoms with Crippen LogP contribution in [-0.2, 0) is 0 Å². The van der Waals surface area contributed by atoms with Gasteiger partial charge in [0.15, 0.2) is 0 Å². The fraction of sp³-hybridized carbons (Fsp3) is 0.0909. The first kappa shape index (κ1) is 12.9. The van der Waals surface area contributed by atoms with Gasteiger partial charge < -0.3 is 16.2 Å². The Bertz CT molecular complexity index is 563. The summed E-state index contributed by atoms with van der Waals surface area (Å²) >= 11 is 0. The van der Waals surface area contributed by atoms with E-state index in [1.807, 2.05) is 0 Å². The van der Waals surface area contributed by atoms with Crippen LogP contribution in [0.3, 0.4) is 0 Å². The Hall–Kier alpha value is -2.51. The van der Waals surface area contributed by atoms with E-state index in [-0.39, 0.29) is 17.5 Å². The lowest BCUT2D eigenvalue weighted by Crippen LogP contribution is -2.16. The number of anilines is 2. The first-order chi connectivity index (χ1) is 8.83. The number of aromatic nitrogens is 2. The highest BCUT2D eigenvalue weighted by Gasteiger charge is 2.30. The van der Waals surface area contributed by atoms with Crippen LogP contribution in [-0.4, -0.2) is 16.3 Å². The summed E-state index contributed by atoms with van der Waals surface area (Å²) in [6.07, 6.45) is -4.72. The molecule has 0 bridgehead atoms. The first-order valence-corrected chi connectivity index (χ1v) is 5.10. The van der Waals surface area contributed by atoms with Crippen LogP contribution < -0.4 is 16.2 Å². The zero-order valence-electron chi connectivity index (χ0n) is 9.48. The molecule has 0 fully saturated rings. The normalized spacial score (nSPS) is 11.3. The molecule has 0 saturated heterocycles. The van der Waals surface area contributed by atoms with Gasteiger partial charge in [0.05, 0.1) is 5.69 Å². The molecule has 0 spiro atoms. The van der Waals surface area contributed by atoms with Crippen molar-refractivity contribution in [3.8, 4) is 17.0 Å². The summed E-state index contributed by atoms with van der Waals surface area (Å²) in [7, 11) is 0. The lowest BCUT2D eigenvalue weighted by Gasteiger charge is -2.09. The van der Waals surface area contributed by atoms with Gasteiger partial charge in [0.1, 0.15) is 11.6 Å². The van der Waals surface area contributed by atoms with Crippen LogP contribution in [0.4, 0.5) is 24.9 Å². The SMILES string of the molecule is Nc1cc(-c2ccc(OC(F)(F)F)cc2)nc(N)n1. The Labute approximate surface area is 106 Å². The van der Waals surface area contributed by atoms with E-state index >= 15 is 0 Å². The summed E-state index contributed by atoms with van der Waals surface area (Å²) in [4.78, 5) is 7.63. The average Bonchev–Trinajstić information content (AvgIpc) is 2.26. The second-order valence-corrected chi connectivity index (χ2v) is 3.61. The molecule has 0 radical (unpaired) electrons. The average molecular weight is 270 g/mol. The fourth-order valence-corrected chi connectivity index (χ4v) is 1.46. The van der Waals surface area contributed by atoms with Crippen molar-refractivity contribution in [2.75, 3.05) is 11.5 Å². The highest BCUT2D eigenvalue weighted by Crippen LogP contribution is 2.26. The molecule has 1 aromatic carbocycles. The number of nitrogens with two attached hydrogens (primary N) is 2. The van der Waals surface area contributed by atoms with Gasteiger partial charge in [-0.25, -0.2) is 4.98 Å². The van der Waals surface area contributed by atoms with E-state index in [2.05, 4.69) is 14.7 Å². The molecule has 0 unspecified atom stereocenters. The second-order valence-electron chi connectivity index (χ2n) is 3.61. The molecular weight excluding hydrogens is 261 g/mol. The van der Waals surface area contributed by atoms with Gasteiger partial charge in [-0.05, 0) is 24.3 Å². The van der Waals surface area contributed by atoms with Crippen LogP contribution in [0.15, 0.2) is 30.3 Å². The number of rotatable bonds is 2. The van der Waals surface area contributed by atoms with Gasteiger partial charge in [-0.3, -0.25) is 0 Å². The molecular formula is C11H9F3N4O. The molecule has 2 rings (SSSR count). The van der Waals surface area contributed by atoms with Crippen molar-refractivity contribution in [3.63, 3.8) is 0 Å². The van der Waals surface area contributed by atoms with E-state index in [4.69, 9.17) is 11.5 Å². The summed E-state index contributed by atoms with van der Waals surface area (Å²) < 4.78 is 39.7. The van der Waals surface area contributed by atoms with Gasteiger partial charge in [0.2, 0.25) is 5.95 Å². The van der Waals surface area contributed by atoms with Crippen molar-refractivity contribution < 1.29 is 17.9 Å². The number of halogens is 3. The Kier molecular flexibility index (Phi) is 3.16. The fourth-order valence-electron chi connectivity index (χ4n) is 1.46. The summed E-state index contributed by atoms with van der Waals surface area (Å²) in [6, 6.07) is 6.66. The minimum absolute atomic E-state index is 0.00869. The Morgan fingerprint density at radius 2 is 1.63 bits per heavy atom. The van der Waals surface area contributed by atoms with Crippen molar-refractivity contribution in [1.29, 1.82) is 0 Å². The third kappa shape index (κ3) is 3.47. The molecule has 2 aromatic rings. The number of alkyl halides is 3. The molecule has 0 saturated carbocycles. The standard InChI is InChI=1S/C11H9F3N4O/c12-11(13,14)19-7-3-1-6(2-4-7)8-5-9(15)18-10(16)17-8/h1-5H,(H4,15,16,17,18). The maximum atomic E-state index is 12.0. The topological polar surface area (TPSA) is 87.0 Å². The highest BCUT2D eigenvalue weighted by atomic mass is 19.4. The maximum Gasteiger partial charge on any atom is 0.573 e. The predicted octanol–water partition coefficient (Wildman–Crippen LogP) is 2.21. The van der Waals surface area contributed by atoms with Crippen molar-refractivity contribution in [3.05, 3.63) is 30.3 Å². The molecule has 19 heavy (non-hydrogen) atoms. The van der Waals surface area contributed by atoms with Crippen LogP contribution in [0, 0.1) is 0 Å². The largest absolute Gasteiger partial charge is 0.573 e. The third-order valence-corrected chi connectivity index (χ3v) is 2.15. The molecule has 0 aliphatic heterocycles. The van der Waals surface area contributed by atoms with E-state index in [0.29, 0.717) is 11.3 Å². The molecule has 0 atom stereocenters. The summed E-state index contributed by atoms with van der Waals surface area (Å²) in [5.41, 5.74) is 11.9. The highest BCUT2D eigenvalue weighted by molar-refractivity contribution is 5.63. The van der Waals surface area contributed by atoms with Gasteiger partial charge in [-0.15, -0.1) is 13.2 Å². The van der Waals surface area contributed by atoms with Gasteiger partial charge in [0, 0.05) is 11.6 Å². The van der Waals surface area contributed by atoms with Gasteiger partial charge in [-0.2, -0.15) is 4.98 Å². The summed E-state index contributed by atoms with van der Waals surface area (Å²) in [6.45, 7) is 0. The van der Waals surface area contributed by atoms with Crippen LogP contribution in [0.25, 0.3) is 11.3 Å². The van der Waals surface area contributed by atoms with Gasteiger partial charge in [0.25, 0.3) is 0 Å². The van der Waals surface area contributed by atoms with E-state index < -0.39 is 6.36 Å². The predicted molar refractivity (Wildman–Crippen MR) is 63.0 cm³/mol. The molecule has 0 aliphatic carbocycles. The van der Waals surface area contributed by atoms with Crippen LogP contribution >= 0.6 is 0 Å². The molecule has 8 heteroatoms. The van der Waals surface area contributed by atoms with Crippen LogP contribution in [0.2, 0.25) is 0 Å². The van der Waals surface area contributed by atoms with Crippen molar-refractivity contribution in [1.82, 2.24) is 9.97 Å². The Balaban J connectivity index is 2.27. The zero-order chi connectivity index (χ0) is 14.0. The summed E-state index contributed by atoms with van der Waals surface area (Å²) in [5.74, 6) is -0.144. The van der Waals surface area contributed by atoms with E-state index in [9.17, 15) is 13.2 Å². The number of hydrogen-bond donors (Lipinski definition) is 2. The van der Waals surface area contributed by atoms with Crippen molar-refractivity contribution in [2.45, 2.75) is 6.36 Å². The van der Waals surface area contributed by atoms with Crippen molar-refractivity contribution >= 4 is 11.8 Å². The number of ether oxygens (including phenoxy) is 1.